The Morgan fingerprint density at radius 3 is 2.94 bits per heavy atom. The van der Waals surface area contributed by atoms with Crippen molar-refractivity contribution in [3.05, 3.63) is 27.7 Å². The topological polar surface area (TPSA) is 21.3 Å². The third-order valence-corrected chi connectivity index (χ3v) is 3.97. The average Bonchev–Trinajstić information content (AvgIpc) is 2.97. The highest BCUT2D eigenvalue weighted by molar-refractivity contribution is 9.10. The van der Waals surface area contributed by atoms with Crippen molar-refractivity contribution in [2.45, 2.75) is 25.3 Å². The normalized spacial score (nSPS) is 20.4. The Bertz CT molecular complexity index is 415. The van der Waals surface area contributed by atoms with Crippen LogP contribution in [0, 0.1) is 5.92 Å². The molecule has 0 bridgehead atoms. The minimum atomic E-state index is 0.462. The second kappa shape index (κ2) is 4.04. The van der Waals surface area contributed by atoms with Crippen molar-refractivity contribution in [1.82, 2.24) is 5.32 Å². The van der Waals surface area contributed by atoms with E-state index in [1.54, 1.807) is 0 Å². The molecule has 1 aliphatic carbocycles. The van der Waals surface area contributed by atoms with Crippen LogP contribution < -0.4 is 10.1 Å². The zero-order valence-electron chi connectivity index (χ0n) is 9.42. The molecular weight excluding hydrogens is 266 g/mol. The third kappa shape index (κ3) is 1.76. The van der Waals surface area contributed by atoms with Gasteiger partial charge in [0.25, 0.3) is 0 Å². The maximum Gasteiger partial charge on any atom is 0.127 e. The number of nitrogens with one attached hydrogen (secondary N) is 1. The number of fused-ring (bicyclic) bond motifs is 1. The lowest BCUT2D eigenvalue weighted by molar-refractivity contribution is 0.347. The lowest BCUT2D eigenvalue weighted by atomic mass is 9.98. The van der Waals surface area contributed by atoms with Gasteiger partial charge in [0.2, 0.25) is 0 Å². The Kier molecular flexibility index (Phi) is 2.68. The SMILES string of the molecule is CNC(c1cc(Br)cc2c1OCC2)C1CC1. The first kappa shape index (κ1) is 10.6. The summed E-state index contributed by atoms with van der Waals surface area (Å²) in [7, 11) is 2.05. The van der Waals surface area contributed by atoms with Gasteiger partial charge in [-0.15, -0.1) is 0 Å². The summed E-state index contributed by atoms with van der Waals surface area (Å²) in [5.41, 5.74) is 2.69. The molecule has 1 aliphatic heterocycles. The number of hydrogen-bond donors (Lipinski definition) is 1. The zero-order valence-corrected chi connectivity index (χ0v) is 11.0. The molecule has 1 aromatic carbocycles. The van der Waals surface area contributed by atoms with E-state index in [2.05, 4.69) is 33.4 Å². The van der Waals surface area contributed by atoms with Gasteiger partial charge in [-0.05, 0) is 43.5 Å². The third-order valence-electron chi connectivity index (χ3n) is 3.52. The molecule has 1 fully saturated rings. The molecule has 1 N–H and O–H groups in total. The predicted molar refractivity (Wildman–Crippen MR) is 67.9 cm³/mol. The van der Waals surface area contributed by atoms with Gasteiger partial charge in [0.05, 0.1) is 6.61 Å². The first-order valence-electron chi connectivity index (χ1n) is 5.92. The molecule has 0 aromatic heterocycles. The Morgan fingerprint density at radius 2 is 2.25 bits per heavy atom. The Hall–Kier alpha value is -0.540. The van der Waals surface area contributed by atoms with Gasteiger partial charge in [-0.3, -0.25) is 0 Å². The highest BCUT2D eigenvalue weighted by Gasteiger charge is 2.34. The molecule has 2 aliphatic rings. The minimum absolute atomic E-state index is 0.462. The van der Waals surface area contributed by atoms with Gasteiger partial charge in [-0.1, -0.05) is 15.9 Å². The Labute approximate surface area is 105 Å². The lowest BCUT2D eigenvalue weighted by Gasteiger charge is -2.19. The van der Waals surface area contributed by atoms with Crippen LogP contribution in [0.3, 0.4) is 0 Å². The molecular formula is C13H16BrNO. The van der Waals surface area contributed by atoms with Crippen LogP contribution in [0.4, 0.5) is 0 Å². The molecule has 0 radical (unpaired) electrons. The molecule has 0 saturated heterocycles. The van der Waals surface area contributed by atoms with Crippen molar-refractivity contribution in [3.8, 4) is 5.75 Å². The second-order valence-corrected chi connectivity index (χ2v) is 5.60. The fraction of sp³-hybridized carbons (Fsp3) is 0.538. The summed E-state index contributed by atoms with van der Waals surface area (Å²) < 4.78 is 6.96. The van der Waals surface area contributed by atoms with Crippen LogP contribution in [0.2, 0.25) is 0 Å². The number of halogens is 1. The molecule has 0 amide bonds. The molecule has 86 valence electrons. The summed E-state index contributed by atoms with van der Waals surface area (Å²) in [6.45, 7) is 0.833. The predicted octanol–water partition coefficient (Wildman–Crippen LogP) is 3.05. The maximum atomic E-state index is 5.78. The fourth-order valence-electron chi connectivity index (χ4n) is 2.60. The van der Waals surface area contributed by atoms with Gasteiger partial charge in [0, 0.05) is 22.5 Å². The first-order chi connectivity index (χ1) is 7.79. The molecule has 3 heteroatoms. The van der Waals surface area contributed by atoms with Crippen molar-refractivity contribution in [1.29, 1.82) is 0 Å². The molecule has 16 heavy (non-hydrogen) atoms. The number of ether oxygens (including phenoxy) is 1. The van der Waals surface area contributed by atoms with E-state index in [0.29, 0.717) is 6.04 Å². The first-order valence-corrected chi connectivity index (χ1v) is 6.71. The van der Waals surface area contributed by atoms with Crippen LogP contribution in [0.25, 0.3) is 0 Å². The van der Waals surface area contributed by atoms with Gasteiger partial charge in [-0.2, -0.15) is 0 Å². The summed E-state index contributed by atoms with van der Waals surface area (Å²) in [6, 6.07) is 4.86. The van der Waals surface area contributed by atoms with E-state index in [4.69, 9.17) is 4.74 Å². The van der Waals surface area contributed by atoms with Crippen LogP contribution in [0.5, 0.6) is 5.75 Å². The summed E-state index contributed by atoms with van der Waals surface area (Å²) >= 11 is 3.60. The molecule has 0 spiro atoms. The molecule has 1 heterocycles. The standard InChI is InChI=1S/C13H16BrNO/c1-15-12(8-2-3-8)11-7-10(14)6-9-4-5-16-13(9)11/h6-8,12,15H,2-5H2,1H3. The molecule has 1 unspecified atom stereocenters. The lowest BCUT2D eigenvalue weighted by Crippen LogP contribution is -2.19. The van der Waals surface area contributed by atoms with Crippen LogP contribution in [-0.2, 0) is 6.42 Å². The van der Waals surface area contributed by atoms with Gasteiger partial charge < -0.3 is 10.1 Å². The van der Waals surface area contributed by atoms with Crippen LogP contribution in [-0.4, -0.2) is 13.7 Å². The maximum absolute atomic E-state index is 5.78. The molecule has 1 saturated carbocycles. The highest BCUT2D eigenvalue weighted by Crippen LogP contribution is 2.46. The molecule has 2 nitrogen and oxygen atoms in total. The fourth-order valence-corrected chi connectivity index (χ4v) is 3.13. The van der Waals surface area contributed by atoms with E-state index in [0.717, 1.165) is 24.7 Å². The number of hydrogen-bond acceptors (Lipinski definition) is 2. The number of rotatable bonds is 3. The van der Waals surface area contributed by atoms with Crippen LogP contribution in [0.1, 0.15) is 30.0 Å². The molecule has 1 atom stereocenters. The van der Waals surface area contributed by atoms with Gasteiger partial charge >= 0.3 is 0 Å². The van der Waals surface area contributed by atoms with E-state index in [1.807, 2.05) is 7.05 Å². The second-order valence-electron chi connectivity index (χ2n) is 4.69. The minimum Gasteiger partial charge on any atom is -0.493 e. The monoisotopic (exact) mass is 281 g/mol. The highest BCUT2D eigenvalue weighted by atomic mass is 79.9. The average molecular weight is 282 g/mol. The zero-order chi connectivity index (χ0) is 11.1. The van der Waals surface area contributed by atoms with E-state index in [-0.39, 0.29) is 0 Å². The Balaban J connectivity index is 2.04. The van der Waals surface area contributed by atoms with E-state index in [1.165, 1.54) is 28.4 Å². The van der Waals surface area contributed by atoms with Gasteiger partial charge in [0.1, 0.15) is 5.75 Å². The van der Waals surface area contributed by atoms with Crippen molar-refractivity contribution in [2.75, 3.05) is 13.7 Å². The van der Waals surface area contributed by atoms with Crippen LogP contribution >= 0.6 is 15.9 Å². The summed E-state index contributed by atoms with van der Waals surface area (Å²) in [6.07, 6.45) is 3.72. The van der Waals surface area contributed by atoms with Crippen molar-refractivity contribution < 1.29 is 4.74 Å². The largest absolute Gasteiger partial charge is 0.493 e. The molecule has 3 rings (SSSR count). The van der Waals surface area contributed by atoms with Crippen LogP contribution in [0.15, 0.2) is 16.6 Å². The van der Waals surface area contributed by atoms with Crippen molar-refractivity contribution in [2.24, 2.45) is 5.92 Å². The number of benzene rings is 1. The van der Waals surface area contributed by atoms with Crippen molar-refractivity contribution in [3.63, 3.8) is 0 Å². The van der Waals surface area contributed by atoms with Gasteiger partial charge in [-0.25, -0.2) is 0 Å². The summed E-state index contributed by atoms with van der Waals surface area (Å²) in [4.78, 5) is 0. The molecule has 1 aromatic rings. The van der Waals surface area contributed by atoms with E-state index < -0.39 is 0 Å². The quantitative estimate of drug-likeness (QED) is 0.920. The smallest absolute Gasteiger partial charge is 0.127 e. The van der Waals surface area contributed by atoms with E-state index in [9.17, 15) is 0 Å². The van der Waals surface area contributed by atoms with Crippen molar-refractivity contribution >= 4 is 15.9 Å². The summed E-state index contributed by atoms with van der Waals surface area (Å²) in [5, 5.41) is 3.44. The summed E-state index contributed by atoms with van der Waals surface area (Å²) in [5.74, 6) is 1.93. The Morgan fingerprint density at radius 1 is 1.44 bits per heavy atom. The van der Waals surface area contributed by atoms with E-state index >= 15 is 0 Å². The van der Waals surface area contributed by atoms with Gasteiger partial charge in [0.15, 0.2) is 0 Å².